The van der Waals surface area contributed by atoms with Gasteiger partial charge in [0.2, 0.25) is 0 Å². The molecule has 0 amide bonds. The van der Waals surface area contributed by atoms with Crippen molar-refractivity contribution in [2.75, 3.05) is 0 Å². The number of hydrogen-bond acceptors (Lipinski definition) is 10. The Kier molecular flexibility index (Phi) is 16.3. The van der Waals surface area contributed by atoms with E-state index in [-0.39, 0.29) is 62.2 Å². The molecule has 0 spiro atoms. The van der Waals surface area contributed by atoms with Crippen LogP contribution in [0.15, 0.2) is 109 Å². The zero-order valence-electron chi connectivity index (χ0n) is 34.4. The number of fused-ring (bicyclic) bond motifs is 2. The number of halogens is 2. The van der Waals surface area contributed by atoms with Gasteiger partial charge >= 0.3 is 37.7 Å². The van der Waals surface area contributed by atoms with Gasteiger partial charge in [-0.05, 0) is 73.2 Å². The Bertz CT molecular complexity index is 2430. The molecule has 4 atom stereocenters. The second kappa shape index (κ2) is 21.6. The molecule has 0 saturated heterocycles. The molecule has 2 fully saturated rings. The maximum atomic E-state index is 13.6. The summed E-state index contributed by atoms with van der Waals surface area (Å²) in [5.41, 5.74) is 8.76. The summed E-state index contributed by atoms with van der Waals surface area (Å²) in [5, 5.41) is 63.3. The van der Waals surface area contributed by atoms with E-state index < -0.39 is 49.2 Å². The Balaban J connectivity index is 0.000000206. The van der Waals surface area contributed by atoms with Crippen LogP contribution in [0.25, 0.3) is 56.2 Å². The van der Waals surface area contributed by atoms with Crippen molar-refractivity contribution in [2.24, 2.45) is 0 Å². The van der Waals surface area contributed by atoms with Gasteiger partial charge in [0.1, 0.15) is 11.6 Å². The third kappa shape index (κ3) is 12.6. The Morgan fingerprint density at radius 2 is 0.937 bits per heavy atom. The van der Waals surface area contributed by atoms with E-state index in [1.54, 1.807) is 48.6 Å². The molecule has 2 saturated carbocycles. The molecule has 63 heavy (non-hydrogen) atoms. The van der Waals surface area contributed by atoms with Crippen LogP contribution < -0.4 is 10.2 Å². The molecule has 0 radical (unpaired) electrons. The van der Waals surface area contributed by atoms with E-state index in [1.807, 2.05) is 48.5 Å². The summed E-state index contributed by atoms with van der Waals surface area (Å²) in [5.74, 6) is -2.72. The number of aliphatic hydroxyl groups excluding tert-OH is 4. The number of pyridine rings is 2. The van der Waals surface area contributed by atoms with Gasteiger partial charge in [-0.2, -0.15) is 0 Å². The van der Waals surface area contributed by atoms with Crippen LogP contribution in [0.5, 0.6) is 0 Å². The zero-order valence-corrected chi connectivity index (χ0v) is 36.7. The molecular weight excluding hydrogens is 835 g/mol. The summed E-state index contributed by atoms with van der Waals surface area (Å²) in [6, 6.07) is 28.1. The normalized spacial score (nSPS) is 15.7. The predicted octanol–water partition coefficient (Wildman–Crippen LogP) is 5.99. The second-order valence-electron chi connectivity index (χ2n) is 16.0. The number of benzene rings is 4. The maximum Gasteiger partial charge on any atom is 2.00 e. The molecule has 13 heteroatoms. The van der Waals surface area contributed by atoms with Gasteiger partial charge in [0, 0.05) is 82.5 Å². The van der Waals surface area contributed by atoms with Crippen molar-refractivity contribution in [3.63, 3.8) is 0 Å². The van der Waals surface area contributed by atoms with Crippen molar-refractivity contribution in [3.05, 3.63) is 143 Å². The van der Waals surface area contributed by atoms with E-state index in [0.717, 1.165) is 92.3 Å². The van der Waals surface area contributed by atoms with Crippen LogP contribution in [-0.4, -0.2) is 104 Å². The first-order valence-electron chi connectivity index (χ1n) is 20.7. The van der Waals surface area contributed by atoms with Gasteiger partial charge in [0.25, 0.3) is 0 Å². The number of nitrogens with zero attached hydrogens (tertiary/aromatic N) is 2. The number of aromatic nitrogens is 2. The number of carbonyl (C=O) groups is 2. The summed E-state index contributed by atoms with van der Waals surface area (Å²) in [6.45, 7) is 0. The minimum atomic E-state index is -1.36. The van der Waals surface area contributed by atoms with Crippen molar-refractivity contribution < 1.29 is 49.0 Å². The maximum absolute atomic E-state index is 13.6. The number of hydrogen-bond donors (Lipinski definition) is 4. The van der Waals surface area contributed by atoms with E-state index in [0.29, 0.717) is 11.8 Å². The van der Waals surface area contributed by atoms with Crippen molar-refractivity contribution in [1.29, 1.82) is 0 Å². The molecular formula is C50H46CaF2N2O8. The number of para-hydroxylation sites is 2. The monoisotopic (exact) mass is 880 g/mol. The van der Waals surface area contributed by atoms with Crippen molar-refractivity contribution in [3.8, 4) is 22.3 Å². The van der Waals surface area contributed by atoms with Crippen LogP contribution in [0.2, 0.25) is 0 Å². The van der Waals surface area contributed by atoms with E-state index in [2.05, 4.69) is 0 Å². The molecule has 10 nitrogen and oxygen atoms in total. The molecule has 8 rings (SSSR count). The fourth-order valence-electron chi connectivity index (χ4n) is 7.70. The smallest absolute Gasteiger partial charge is 0.550 e. The third-order valence-electron chi connectivity index (χ3n) is 10.9. The average molecular weight is 881 g/mol. The molecule has 0 aliphatic heterocycles. The standard InChI is InChI=1S/2C25H24FNO4.Ca/c2*26-17-9-7-15(8-10-17)24-20-3-1-2-4-22(20)27-25(16-5-6-16)21(24)12-11-18(28)13-19(29)14-23(30)31;/h2*1-4,7-12,16,18-19,28-29H,5-6,13-14H2,(H,30,31);/q;;+2/p-2/b2*12-11+;/t18?,19-;18-,19-;/m11./s1. The van der Waals surface area contributed by atoms with Crippen LogP contribution in [0, 0.1) is 11.6 Å². The number of aliphatic hydroxyl groups is 4. The molecule has 0 bridgehead atoms. The fourth-order valence-corrected chi connectivity index (χ4v) is 7.70. The van der Waals surface area contributed by atoms with Gasteiger partial charge in [0.15, 0.2) is 0 Å². The molecule has 2 aliphatic carbocycles. The minimum Gasteiger partial charge on any atom is -0.550 e. The van der Waals surface area contributed by atoms with Gasteiger partial charge in [-0.15, -0.1) is 0 Å². The Morgan fingerprint density at radius 3 is 1.27 bits per heavy atom. The van der Waals surface area contributed by atoms with E-state index in [1.165, 1.54) is 24.3 Å². The molecule has 6 aromatic rings. The van der Waals surface area contributed by atoms with Gasteiger partial charge < -0.3 is 40.2 Å². The SMILES string of the molecule is O=C([O-])C[C@H](O)CC(O)/C=C/c1c(C2CC2)nc2ccccc2c1-c1ccc(F)cc1.O=C([O-])C[C@H](O)C[C@H](O)/C=C/c1c(C2CC2)nc2ccccc2c1-c1ccc(F)cc1.[Ca+2]. The molecule has 2 aliphatic rings. The van der Waals surface area contributed by atoms with Crippen LogP contribution in [0.3, 0.4) is 0 Å². The third-order valence-corrected chi connectivity index (χ3v) is 10.9. The van der Waals surface area contributed by atoms with Gasteiger partial charge in [-0.3, -0.25) is 9.97 Å². The summed E-state index contributed by atoms with van der Waals surface area (Å²) in [6.07, 6.45) is 5.02. The molecule has 320 valence electrons. The van der Waals surface area contributed by atoms with Crippen molar-refractivity contribution in [1.82, 2.24) is 9.97 Å². The Labute approximate surface area is 393 Å². The number of rotatable bonds is 16. The summed E-state index contributed by atoms with van der Waals surface area (Å²) in [4.78, 5) is 31.0. The van der Waals surface area contributed by atoms with Crippen LogP contribution in [0.1, 0.15) is 85.7 Å². The first kappa shape index (κ1) is 47.6. The summed E-state index contributed by atoms with van der Waals surface area (Å²) < 4.78 is 27.1. The van der Waals surface area contributed by atoms with Gasteiger partial charge in [-0.1, -0.05) is 85.0 Å². The molecule has 1 unspecified atom stereocenters. The number of aliphatic carboxylic acids is 2. The van der Waals surface area contributed by atoms with E-state index >= 15 is 0 Å². The molecule has 2 heterocycles. The van der Waals surface area contributed by atoms with Gasteiger partial charge in [0.05, 0.1) is 46.8 Å². The zero-order chi connectivity index (χ0) is 43.9. The first-order chi connectivity index (χ1) is 29.8. The largest absolute Gasteiger partial charge is 2.00 e. The average Bonchev–Trinajstić information content (AvgIpc) is 4.17. The fraction of sp³-hybridized carbons (Fsp3) is 0.280. The quantitative estimate of drug-likeness (QED) is 0.0843. The molecule has 4 N–H and O–H groups in total. The summed E-state index contributed by atoms with van der Waals surface area (Å²) in [7, 11) is 0. The second-order valence-corrected chi connectivity index (χ2v) is 16.0. The Morgan fingerprint density at radius 1 is 0.587 bits per heavy atom. The van der Waals surface area contributed by atoms with Crippen molar-refractivity contribution >= 4 is 83.6 Å². The van der Waals surface area contributed by atoms with Crippen LogP contribution in [0.4, 0.5) is 8.78 Å². The van der Waals surface area contributed by atoms with Crippen LogP contribution >= 0.6 is 0 Å². The number of carboxylic acids is 2. The minimum absolute atomic E-state index is 0. The predicted molar refractivity (Wildman–Crippen MR) is 235 cm³/mol. The van der Waals surface area contributed by atoms with Crippen molar-refractivity contribution in [2.45, 2.75) is 87.6 Å². The van der Waals surface area contributed by atoms with E-state index in [9.17, 15) is 49.0 Å². The topological polar surface area (TPSA) is 187 Å². The Hall–Kier alpha value is -4.92. The van der Waals surface area contributed by atoms with E-state index in [4.69, 9.17) is 9.97 Å². The molecule has 2 aromatic heterocycles. The van der Waals surface area contributed by atoms with Crippen LogP contribution in [-0.2, 0) is 9.59 Å². The molecule has 4 aromatic carbocycles. The summed E-state index contributed by atoms with van der Waals surface area (Å²) >= 11 is 0. The number of carboxylic acid groups (broad SMARTS) is 2. The van der Waals surface area contributed by atoms with Gasteiger partial charge in [-0.25, -0.2) is 8.78 Å². The first-order valence-corrected chi connectivity index (χ1v) is 20.7. The number of carbonyl (C=O) groups excluding carboxylic acids is 2.